The number of rotatable bonds is 2. The third kappa shape index (κ3) is 3.55. The van der Waals surface area contributed by atoms with Crippen molar-refractivity contribution in [3.05, 3.63) is 56.1 Å². The summed E-state index contributed by atoms with van der Waals surface area (Å²) in [5.74, 6) is 2.04. The minimum absolute atomic E-state index is 0.0460. The number of furan rings is 1. The van der Waals surface area contributed by atoms with E-state index in [9.17, 15) is 9.59 Å². The van der Waals surface area contributed by atoms with Crippen molar-refractivity contribution in [3.8, 4) is 0 Å². The van der Waals surface area contributed by atoms with Gasteiger partial charge in [-0.15, -0.1) is 0 Å². The molecule has 3 aliphatic heterocycles. The molecule has 0 radical (unpaired) electrons. The molecule has 1 amide bonds. The lowest BCUT2D eigenvalue weighted by atomic mass is 9.68. The van der Waals surface area contributed by atoms with Crippen LogP contribution in [0.2, 0.25) is 0 Å². The van der Waals surface area contributed by atoms with Crippen LogP contribution in [0.25, 0.3) is 21.9 Å². The van der Waals surface area contributed by atoms with Gasteiger partial charge in [0.15, 0.2) is 0 Å². The smallest absolute Gasteiger partial charge is 0.340 e. The van der Waals surface area contributed by atoms with E-state index in [1.807, 2.05) is 26.8 Å². The van der Waals surface area contributed by atoms with Crippen molar-refractivity contribution in [2.75, 3.05) is 19.6 Å². The Hall–Kier alpha value is -2.86. The summed E-state index contributed by atoms with van der Waals surface area (Å²) in [5, 5.41) is 1.88. The summed E-state index contributed by atoms with van der Waals surface area (Å²) in [6, 6.07) is 2.79. The van der Waals surface area contributed by atoms with Gasteiger partial charge in [-0.2, -0.15) is 0 Å². The zero-order valence-electron chi connectivity index (χ0n) is 23.1. The van der Waals surface area contributed by atoms with E-state index in [0.717, 1.165) is 64.7 Å². The molecule has 4 atom stereocenters. The Morgan fingerprint density at radius 1 is 1.03 bits per heavy atom. The van der Waals surface area contributed by atoms with Crippen molar-refractivity contribution in [1.82, 2.24) is 9.80 Å². The SMILES string of the molecule is Cc1oc2c(c(C)cc3oc(=O)c(CC(=O)N4CCCC5=C[C@H]6C[C@H](CN7CCCC[C@H]67)[C@@H]54)c(C)c32)c1C. The predicted molar refractivity (Wildman–Crippen MR) is 149 cm³/mol. The second kappa shape index (κ2) is 8.84. The normalized spacial score (nSPS) is 27.4. The molecule has 3 aromatic rings. The summed E-state index contributed by atoms with van der Waals surface area (Å²) in [6.45, 7) is 11.0. The summed E-state index contributed by atoms with van der Waals surface area (Å²) < 4.78 is 12.0. The van der Waals surface area contributed by atoms with E-state index in [1.54, 1.807) is 0 Å². The first-order valence-corrected chi connectivity index (χ1v) is 14.5. The molecular weight excluding hydrogens is 476 g/mol. The Morgan fingerprint density at radius 2 is 1.87 bits per heavy atom. The van der Waals surface area contributed by atoms with Crippen LogP contribution in [0, 0.1) is 39.5 Å². The number of benzene rings is 1. The van der Waals surface area contributed by atoms with Crippen LogP contribution >= 0.6 is 0 Å². The monoisotopic (exact) mass is 514 g/mol. The number of piperidine rings is 3. The predicted octanol–water partition coefficient (Wildman–Crippen LogP) is 5.74. The lowest BCUT2D eigenvalue weighted by Crippen LogP contribution is -2.60. The molecule has 1 aromatic carbocycles. The van der Waals surface area contributed by atoms with Gasteiger partial charge in [0.2, 0.25) is 5.91 Å². The van der Waals surface area contributed by atoms with Gasteiger partial charge in [-0.1, -0.05) is 18.1 Å². The highest BCUT2D eigenvalue weighted by atomic mass is 16.4. The fourth-order valence-corrected chi connectivity index (χ4v) is 8.34. The van der Waals surface area contributed by atoms with Gasteiger partial charge in [0.25, 0.3) is 0 Å². The van der Waals surface area contributed by atoms with Gasteiger partial charge in [-0.25, -0.2) is 4.79 Å². The summed E-state index contributed by atoms with van der Waals surface area (Å²) in [6.07, 6.45) is 9.84. The average Bonchev–Trinajstić information content (AvgIpc) is 3.20. The third-order valence-electron chi connectivity index (χ3n) is 10.2. The highest BCUT2D eigenvalue weighted by molar-refractivity contribution is 6.07. The molecule has 4 aliphatic rings. The number of fused-ring (bicyclic) bond motifs is 9. The standard InChI is InChI=1S/C32H38N2O4/c1-17-12-26-29(31-28(17)18(2)20(4)37-31)19(3)24(32(36)38-26)15-27(35)34-11-7-8-21-13-22-14-23(30(21)34)16-33-10-6-5-9-25(22)33/h12-13,22-23,25,30H,5-11,14-16H2,1-4H3/t22-,23+,25+,30+/m0/s1. The zero-order chi connectivity index (χ0) is 26.3. The second-order valence-electron chi connectivity index (χ2n) is 12.3. The highest BCUT2D eigenvalue weighted by Gasteiger charge is 2.47. The molecule has 2 bridgehead atoms. The van der Waals surface area contributed by atoms with E-state index in [-0.39, 0.29) is 18.4 Å². The number of nitrogens with zero attached hydrogens (tertiary/aromatic N) is 2. The Kier molecular flexibility index (Phi) is 5.63. The molecule has 3 saturated heterocycles. The molecule has 0 N–H and O–H groups in total. The minimum atomic E-state index is -0.410. The van der Waals surface area contributed by atoms with E-state index < -0.39 is 5.63 Å². The topological polar surface area (TPSA) is 66.9 Å². The van der Waals surface area contributed by atoms with Gasteiger partial charge >= 0.3 is 5.63 Å². The van der Waals surface area contributed by atoms with Gasteiger partial charge < -0.3 is 13.7 Å². The largest absolute Gasteiger partial charge is 0.460 e. The molecule has 5 heterocycles. The maximum atomic E-state index is 14.0. The Balaban J connectivity index is 1.25. The molecule has 200 valence electrons. The maximum Gasteiger partial charge on any atom is 0.340 e. The molecule has 0 spiro atoms. The van der Waals surface area contributed by atoms with Gasteiger partial charge in [0.1, 0.15) is 16.9 Å². The summed E-state index contributed by atoms with van der Waals surface area (Å²) >= 11 is 0. The van der Waals surface area contributed by atoms with E-state index in [0.29, 0.717) is 29.0 Å². The molecule has 0 unspecified atom stereocenters. The van der Waals surface area contributed by atoms with Crippen LogP contribution in [0.1, 0.15) is 66.5 Å². The molecule has 38 heavy (non-hydrogen) atoms. The average molecular weight is 515 g/mol. The van der Waals surface area contributed by atoms with Crippen molar-refractivity contribution in [3.63, 3.8) is 0 Å². The van der Waals surface area contributed by atoms with Crippen molar-refractivity contribution >= 4 is 27.8 Å². The first kappa shape index (κ1) is 24.2. The van der Waals surface area contributed by atoms with Gasteiger partial charge in [0.05, 0.1) is 23.4 Å². The van der Waals surface area contributed by atoms with Crippen molar-refractivity contribution in [2.24, 2.45) is 11.8 Å². The summed E-state index contributed by atoms with van der Waals surface area (Å²) in [5.41, 5.74) is 5.74. The van der Waals surface area contributed by atoms with Crippen molar-refractivity contribution in [2.45, 2.75) is 84.7 Å². The molecule has 7 rings (SSSR count). The Morgan fingerprint density at radius 3 is 2.71 bits per heavy atom. The van der Waals surface area contributed by atoms with Crippen LogP contribution in [0.15, 0.2) is 31.3 Å². The number of hydrogen-bond donors (Lipinski definition) is 0. The first-order chi connectivity index (χ1) is 18.3. The van der Waals surface area contributed by atoms with Crippen LogP contribution in [0.5, 0.6) is 0 Å². The number of hydrogen-bond acceptors (Lipinski definition) is 5. The van der Waals surface area contributed by atoms with Crippen LogP contribution in [-0.2, 0) is 11.2 Å². The fourth-order valence-electron chi connectivity index (χ4n) is 8.34. The number of amides is 1. The third-order valence-corrected chi connectivity index (χ3v) is 10.2. The number of carbonyl (C=O) groups is 1. The van der Waals surface area contributed by atoms with E-state index in [4.69, 9.17) is 8.83 Å². The fraction of sp³-hybridized carbons (Fsp3) is 0.562. The number of carbonyl (C=O) groups excluding carboxylic acids is 1. The zero-order valence-corrected chi connectivity index (χ0v) is 23.1. The van der Waals surface area contributed by atoms with Crippen molar-refractivity contribution < 1.29 is 13.6 Å². The number of aryl methyl sites for hydroxylation is 4. The maximum absolute atomic E-state index is 14.0. The molecule has 0 saturated carbocycles. The van der Waals surface area contributed by atoms with E-state index in [1.165, 1.54) is 37.8 Å². The molecule has 3 fully saturated rings. The van der Waals surface area contributed by atoms with Crippen LogP contribution in [0.4, 0.5) is 0 Å². The van der Waals surface area contributed by atoms with Crippen molar-refractivity contribution in [1.29, 1.82) is 0 Å². The second-order valence-corrected chi connectivity index (χ2v) is 12.3. The van der Waals surface area contributed by atoms with Gasteiger partial charge in [-0.05, 0) is 101 Å². The Bertz CT molecular complexity index is 1560. The molecule has 6 nitrogen and oxygen atoms in total. The number of likely N-dealkylation sites (tertiary alicyclic amines) is 1. The lowest BCUT2D eigenvalue weighted by molar-refractivity contribution is -0.135. The molecule has 2 aromatic heterocycles. The summed E-state index contributed by atoms with van der Waals surface area (Å²) in [4.78, 5) is 32.0. The molecule has 6 heteroatoms. The van der Waals surface area contributed by atoms with Crippen LogP contribution in [0.3, 0.4) is 0 Å². The van der Waals surface area contributed by atoms with Gasteiger partial charge in [0, 0.05) is 24.5 Å². The van der Waals surface area contributed by atoms with E-state index in [2.05, 4.69) is 22.8 Å². The molecular formula is C32H38N2O4. The highest BCUT2D eigenvalue weighted by Crippen LogP contribution is 2.45. The first-order valence-electron chi connectivity index (χ1n) is 14.5. The van der Waals surface area contributed by atoms with Crippen LogP contribution in [-0.4, -0.2) is 47.4 Å². The summed E-state index contributed by atoms with van der Waals surface area (Å²) in [7, 11) is 0. The lowest BCUT2D eigenvalue weighted by Gasteiger charge is -2.54. The van der Waals surface area contributed by atoms with Gasteiger partial charge in [-0.3, -0.25) is 9.69 Å². The molecule has 1 aliphatic carbocycles. The quantitative estimate of drug-likeness (QED) is 0.322. The Labute approximate surface area is 223 Å². The van der Waals surface area contributed by atoms with Crippen LogP contribution < -0.4 is 5.63 Å². The van der Waals surface area contributed by atoms with E-state index >= 15 is 0 Å². The minimum Gasteiger partial charge on any atom is -0.460 e.